The van der Waals surface area contributed by atoms with Crippen LogP contribution in [0.4, 0.5) is 0 Å². The number of amides is 1. The summed E-state index contributed by atoms with van der Waals surface area (Å²) in [6, 6.07) is 25.2. The first-order valence-corrected chi connectivity index (χ1v) is 11.4. The van der Waals surface area contributed by atoms with Crippen LogP contribution in [0.25, 0.3) is 0 Å². The van der Waals surface area contributed by atoms with Crippen molar-refractivity contribution in [2.45, 2.75) is 39.3 Å². The zero-order valence-electron chi connectivity index (χ0n) is 19.8. The average Bonchev–Trinajstić information content (AvgIpc) is 2.86. The summed E-state index contributed by atoms with van der Waals surface area (Å²) in [5.74, 6) is 0.00625. The Kier molecular flexibility index (Phi) is 7.12. The minimum Gasteiger partial charge on any atom is -0.497 e. The molecule has 4 rings (SSSR count). The summed E-state index contributed by atoms with van der Waals surface area (Å²) in [7, 11) is 1.62. The summed E-state index contributed by atoms with van der Waals surface area (Å²) in [5.41, 5.74) is 5.11. The fourth-order valence-electron chi connectivity index (χ4n) is 4.27. The molecule has 3 aromatic carbocycles. The second kappa shape index (κ2) is 10.4. The Hall–Kier alpha value is -3.86. The first-order chi connectivity index (χ1) is 16.5. The number of benzene rings is 3. The molecule has 1 aliphatic rings. The van der Waals surface area contributed by atoms with Gasteiger partial charge in [-0.1, -0.05) is 72.3 Å². The van der Waals surface area contributed by atoms with Crippen LogP contribution in [0.15, 0.2) is 90.1 Å². The summed E-state index contributed by atoms with van der Waals surface area (Å²) < 4.78 is 11.0. The third-order valence-electron chi connectivity index (χ3n) is 6.24. The molecule has 1 atom stereocenters. The van der Waals surface area contributed by atoms with Gasteiger partial charge in [0.1, 0.15) is 12.4 Å². The lowest BCUT2D eigenvalue weighted by Gasteiger charge is -2.34. The van der Waals surface area contributed by atoms with Crippen LogP contribution >= 0.6 is 0 Å². The lowest BCUT2D eigenvalue weighted by atomic mass is 9.83. The van der Waals surface area contributed by atoms with Crippen LogP contribution < -0.4 is 4.74 Å². The number of ether oxygens (including phenoxy) is 2. The number of carbonyl (C=O) groups excluding carboxylic acids is 2. The van der Waals surface area contributed by atoms with Crippen LogP contribution in [0.3, 0.4) is 0 Å². The van der Waals surface area contributed by atoms with Crippen molar-refractivity contribution in [2.75, 3.05) is 7.11 Å². The molecule has 5 nitrogen and oxygen atoms in total. The van der Waals surface area contributed by atoms with Gasteiger partial charge in [0.15, 0.2) is 0 Å². The molecular weight excluding hydrogens is 426 g/mol. The van der Waals surface area contributed by atoms with Gasteiger partial charge < -0.3 is 14.4 Å². The largest absolute Gasteiger partial charge is 0.497 e. The molecule has 0 spiro atoms. The zero-order valence-corrected chi connectivity index (χ0v) is 19.8. The third kappa shape index (κ3) is 5.20. The van der Waals surface area contributed by atoms with Crippen LogP contribution in [0.1, 0.15) is 41.5 Å². The van der Waals surface area contributed by atoms with E-state index >= 15 is 0 Å². The van der Waals surface area contributed by atoms with E-state index in [1.165, 1.54) is 0 Å². The smallest absolute Gasteiger partial charge is 0.336 e. The van der Waals surface area contributed by atoms with E-state index in [-0.39, 0.29) is 30.8 Å². The molecule has 5 heteroatoms. The van der Waals surface area contributed by atoms with E-state index in [2.05, 4.69) is 0 Å². The highest BCUT2D eigenvalue weighted by molar-refractivity contribution is 5.95. The van der Waals surface area contributed by atoms with Gasteiger partial charge >= 0.3 is 5.97 Å². The standard InChI is InChI=1S/C29H29NO4/c1-20-9-13-24(14-10-20)26-17-27(31)30(18-22-11-15-25(33-3)16-12-22)21(2)28(26)29(32)34-19-23-7-5-4-6-8-23/h4-16,26H,17-19H2,1-3H3. The van der Waals surface area contributed by atoms with Crippen molar-refractivity contribution in [3.63, 3.8) is 0 Å². The Labute approximate surface area is 200 Å². The number of carbonyl (C=O) groups is 2. The van der Waals surface area contributed by atoms with Crippen molar-refractivity contribution in [1.29, 1.82) is 0 Å². The van der Waals surface area contributed by atoms with E-state index in [0.717, 1.165) is 28.0 Å². The minimum absolute atomic E-state index is 0.0153. The maximum absolute atomic E-state index is 13.4. The molecule has 34 heavy (non-hydrogen) atoms. The van der Waals surface area contributed by atoms with Gasteiger partial charge in [-0.3, -0.25) is 4.79 Å². The highest BCUT2D eigenvalue weighted by Gasteiger charge is 2.37. The Balaban J connectivity index is 1.66. The first-order valence-electron chi connectivity index (χ1n) is 11.4. The predicted molar refractivity (Wildman–Crippen MR) is 131 cm³/mol. The van der Waals surface area contributed by atoms with E-state index in [0.29, 0.717) is 17.8 Å². The number of allylic oxidation sites excluding steroid dienone is 1. The molecule has 1 heterocycles. The van der Waals surface area contributed by atoms with Crippen LogP contribution in [-0.2, 0) is 27.5 Å². The highest BCUT2D eigenvalue weighted by Crippen LogP contribution is 2.38. The third-order valence-corrected chi connectivity index (χ3v) is 6.24. The Morgan fingerprint density at radius 1 is 0.912 bits per heavy atom. The molecule has 0 radical (unpaired) electrons. The molecule has 1 amide bonds. The van der Waals surface area contributed by atoms with Gasteiger partial charge in [-0.2, -0.15) is 0 Å². The Bertz CT molecular complexity index is 1180. The zero-order chi connectivity index (χ0) is 24.1. The van der Waals surface area contributed by atoms with Gasteiger partial charge in [0.2, 0.25) is 5.91 Å². The lowest BCUT2D eigenvalue weighted by molar-refractivity contribution is -0.141. The molecular formula is C29H29NO4. The number of methoxy groups -OCH3 is 1. The van der Waals surface area contributed by atoms with Gasteiger partial charge in [0.25, 0.3) is 0 Å². The number of hydrogen-bond acceptors (Lipinski definition) is 4. The molecule has 0 fully saturated rings. The van der Waals surface area contributed by atoms with E-state index in [1.807, 2.05) is 92.7 Å². The maximum atomic E-state index is 13.4. The van der Waals surface area contributed by atoms with Crippen molar-refractivity contribution < 1.29 is 19.1 Å². The lowest BCUT2D eigenvalue weighted by Crippen LogP contribution is -2.38. The van der Waals surface area contributed by atoms with Crippen LogP contribution in [0.5, 0.6) is 5.75 Å². The van der Waals surface area contributed by atoms with Gasteiger partial charge in [0.05, 0.1) is 19.2 Å². The first kappa shape index (κ1) is 23.3. The van der Waals surface area contributed by atoms with Gasteiger partial charge in [-0.05, 0) is 42.7 Å². The van der Waals surface area contributed by atoms with Crippen molar-refractivity contribution in [3.05, 3.63) is 112 Å². The number of aryl methyl sites for hydroxylation is 1. The number of nitrogens with zero attached hydrogens (tertiary/aromatic N) is 1. The fraction of sp³-hybridized carbons (Fsp3) is 0.241. The van der Waals surface area contributed by atoms with E-state index in [1.54, 1.807) is 12.0 Å². The van der Waals surface area contributed by atoms with Crippen LogP contribution in [0.2, 0.25) is 0 Å². The predicted octanol–water partition coefficient (Wildman–Crippen LogP) is 5.54. The van der Waals surface area contributed by atoms with E-state index in [4.69, 9.17) is 9.47 Å². The van der Waals surface area contributed by atoms with Crippen LogP contribution in [-0.4, -0.2) is 23.9 Å². The molecule has 0 aliphatic carbocycles. The quantitative estimate of drug-likeness (QED) is 0.439. The minimum atomic E-state index is -0.390. The van der Waals surface area contributed by atoms with Crippen molar-refractivity contribution in [1.82, 2.24) is 4.90 Å². The molecule has 174 valence electrons. The summed E-state index contributed by atoms with van der Waals surface area (Å²) >= 11 is 0. The van der Waals surface area contributed by atoms with Gasteiger partial charge in [-0.15, -0.1) is 0 Å². The molecule has 0 bridgehead atoms. The number of esters is 1. The molecule has 1 unspecified atom stereocenters. The average molecular weight is 456 g/mol. The van der Waals surface area contributed by atoms with Crippen molar-refractivity contribution in [2.24, 2.45) is 0 Å². The van der Waals surface area contributed by atoms with Crippen molar-refractivity contribution in [3.8, 4) is 5.75 Å². The fourth-order valence-corrected chi connectivity index (χ4v) is 4.27. The molecule has 0 saturated carbocycles. The molecule has 0 N–H and O–H groups in total. The molecule has 3 aromatic rings. The van der Waals surface area contributed by atoms with Crippen molar-refractivity contribution >= 4 is 11.9 Å². The summed E-state index contributed by atoms with van der Waals surface area (Å²) in [5, 5.41) is 0. The summed E-state index contributed by atoms with van der Waals surface area (Å²) in [6.45, 7) is 4.41. The summed E-state index contributed by atoms with van der Waals surface area (Å²) in [6.07, 6.45) is 0.215. The molecule has 1 aliphatic heterocycles. The normalized spacial score (nSPS) is 15.9. The topological polar surface area (TPSA) is 55.8 Å². The Morgan fingerprint density at radius 2 is 1.59 bits per heavy atom. The van der Waals surface area contributed by atoms with E-state index in [9.17, 15) is 9.59 Å². The SMILES string of the molecule is COc1ccc(CN2C(=O)CC(c3ccc(C)cc3)C(C(=O)OCc3ccccc3)=C2C)cc1. The number of hydrogen-bond donors (Lipinski definition) is 0. The van der Waals surface area contributed by atoms with Gasteiger partial charge in [0, 0.05) is 18.0 Å². The number of rotatable bonds is 7. The molecule has 0 aromatic heterocycles. The second-order valence-electron chi connectivity index (χ2n) is 8.56. The highest BCUT2D eigenvalue weighted by atomic mass is 16.5. The summed E-state index contributed by atoms with van der Waals surface area (Å²) in [4.78, 5) is 28.3. The second-order valence-corrected chi connectivity index (χ2v) is 8.56. The van der Waals surface area contributed by atoms with Gasteiger partial charge in [-0.25, -0.2) is 4.79 Å². The van der Waals surface area contributed by atoms with Crippen LogP contribution in [0, 0.1) is 6.92 Å². The maximum Gasteiger partial charge on any atom is 0.336 e. The Morgan fingerprint density at radius 3 is 2.24 bits per heavy atom. The monoisotopic (exact) mass is 455 g/mol. The molecule has 0 saturated heterocycles. The van der Waals surface area contributed by atoms with E-state index < -0.39 is 0 Å².